The molecule has 0 saturated carbocycles. The maximum absolute atomic E-state index is 12.9. The smallest absolute Gasteiger partial charge is 0.265 e. The van der Waals surface area contributed by atoms with Crippen molar-refractivity contribution in [2.75, 3.05) is 6.54 Å². The molecule has 0 spiro atoms. The quantitative estimate of drug-likeness (QED) is 0.846. The summed E-state index contributed by atoms with van der Waals surface area (Å²) in [4.78, 5) is 11.4. The van der Waals surface area contributed by atoms with Crippen LogP contribution in [0.2, 0.25) is 5.02 Å². The summed E-state index contributed by atoms with van der Waals surface area (Å²) in [6.07, 6.45) is 0.604. The molecule has 24 heavy (non-hydrogen) atoms. The van der Waals surface area contributed by atoms with Crippen LogP contribution in [0, 0.1) is 0 Å². The lowest BCUT2D eigenvalue weighted by atomic mass is 10.0. The van der Waals surface area contributed by atoms with E-state index in [4.69, 9.17) is 11.6 Å². The molecule has 0 aliphatic carbocycles. The highest BCUT2D eigenvalue weighted by molar-refractivity contribution is 7.89. The fourth-order valence-electron chi connectivity index (χ4n) is 2.80. The Morgan fingerprint density at radius 1 is 1.17 bits per heavy atom. The highest BCUT2D eigenvalue weighted by Gasteiger charge is 2.37. The summed E-state index contributed by atoms with van der Waals surface area (Å²) >= 11 is 6.01. The number of hydrogen-bond acceptors (Lipinski definition) is 4. The minimum absolute atomic E-state index is 0.0304. The Balaban J connectivity index is 2.42. The first-order chi connectivity index (χ1) is 11.4. The molecular formula is C17H14ClNO4S. The van der Waals surface area contributed by atoms with Crippen molar-refractivity contribution < 1.29 is 18.3 Å². The van der Waals surface area contributed by atoms with Gasteiger partial charge in [-0.25, -0.2) is 8.42 Å². The Bertz CT molecular complexity index is 966. The van der Waals surface area contributed by atoms with Crippen molar-refractivity contribution in [3.8, 4) is 0 Å². The highest BCUT2D eigenvalue weighted by atomic mass is 35.5. The SMILES string of the molecule is CCN1C(c2cc(Cl)ccc2C=O)=C(O)c2ccccc2S1(=O)=O. The molecule has 124 valence electrons. The summed E-state index contributed by atoms with van der Waals surface area (Å²) in [7, 11) is -3.84. The summed E-state index contributed by atoms with van der Waals surface area (Å²) in [5.41, 5.74) is 0.777. The van der Waals surface area contributed by atoms with Crippen LogP contribution in [0.4, 0.5) is 0 Å². The van der Waals surface area contributed by atoms with Gasteiger partial charge in [0, 0.05) is 28.3 Å². The lowest BCUT2D eigenvalue weighted by molar-refractivity contribution is 0.112. The number of rotatable bonds is 3. The minimum atomic E-state index is -3.84. The van der Waals surface area contributed by atoms with Gasteiger partial charge in [0.15, 0.2) is 6.29 Å². The number of carbonyl (C=O) groups is 1. The number of aliphatic hydroxyl groups excluding tert-OH is 1. The fraction of sp³-hybridized carbons (Fsp3) is 0.118. The van der Waals surface area contributed by atoms with Gasteiger partial charge < -0.3 is 5.11 Å². The lowest BCUT2D eigenvalue weighted by Gasteiger charge is -2.32. The summed E-state index contributed by atoms with van der Waals surface area (Å²) < 4.78 is 26.9. The molecule has 7 heteroatoms. The monoisotopic (exact) mass is 363 g/mol. The molecule has 0 saturated heterocycles. The van der Waals surface area contributed by atoms with E-state index in [1.165, 1.54) is 30.3 Å². The van der Waals surface area contributed by atoms with Crippen molar-refractivity contribution in [3.63, 3.8) is 0 Å². The molecule has 0 amide bonds. The number of carbonyl (C=O) groups excluding carboxylic acids is 1. The van der Waals surface area contributed by atoms with Crippen LogP contribution in [0.15, 0.2) is 47.4 Å². The van der Waals surface area contributed by atoms with Crippen LogP contribution in [0.3, 0.4) is 0 Å². The van der Waals surface area contributed by atoms with Crippen molar-refractivity contribution in [3.05, 3.63) is 64.2 Å². The van der Waals surface area contributed by atoms with Gasteiger partial charge >= 0.3 is 0 Å². The van der Waals surface area contributed by atoms with Crippen LogP contribution in [0.5, 0.6) is 0 Å². The van der Waals surface area contributed by atoms with Crippen LogP contribution in [-0.2, 0) is 10.0 Å². The van der Waals surface area contributed by atoms with Crippen LogP contribution in [0.25, 0.3) is 11.5 Å². The molecule has 1 aliphatic heterocycles. The Morgan fingerprint density at radius 2 is 1.88 bits per heavy atom. The third kappa shape index (κ3) is 2.39. The molecule has 2 aromatic carbocycles. The second kappa shape index (κ2) is 5.96. The molecule has 2 aromatic rings. The van der Waals surface area contributed by atoms with E-state index in [-0.39, 0.29) is 39.6 Å². The molecule has 0 unspecified atom stereocenters. The van der Waals surface area contributed by atoms with E-state index >= 15 is 0 Å². The number of fused-ring (bicyclic) bond motifs is 1. The fourth-order valence-corrected chi connectivity index (χ4v) is 4.67. The molecule has 0 bridgehead atoms. The molecule has 0 aromatic heterocycles. The van der Waals surface area contributed by atoms with Gasteiger partial charge in [-0.2, -0.15) is 0 Å². The Kier molecular flexibility index (Phi) is 4.11. The first kappa shape index (κ1) is 16.5. The average Bonchev–Trinajstić information content (AvgIpc) is 2.58. The minimum Gasteiger partial charge on any atom is -0.505 e. The molecule has 0 atom stereocenters. The molecule has 0 fully saturated rings. The number of nitrogens with zero attached hydrogens (tertiary/aromatic N) is 1. The molecule has 1 heterocycles. The van der Waals surface area contributed by atoms with E-state index in [1.54, 1.807) is 19.1 Å². The number of sulfonamides is 1. The Labute approximate surface area is 144 Å². The number of hydrogen-bond donors (Lipinski definition) is 1. The summed E-state index contributed by atoms with van der Waals surface area (Å²) in [5, 5.41) is 11.1. The van der Waals surface area contributed by atoms with Crippen LogP contribution in [0.1, 0.15) is 28.4 Å². The van der Waals surface area contributed by atoms with Crippen LogP contribution >= 0.6 is 11.6 Å². The molecule has 5 nitrogen and oxygen atoms in total. The zero-order valence-corrected chi connectivity index (χ0v) is 14.3. The molecule has 0 radical (unpaired) electrons. The van der Waals surface area contributed by atoms with Gasteiger partial charge in [0.25, 0.3) is 10.0 Å². The number of benzene rings is 2. The number of aldehydes is 1. The Hall–Kier alpha value is -2.31. The molecule has 1 aliphatic rings. The summed E-state index contributed by atoms with van der Waals surface area (Å²) in [6.45, 7) is 1.75. The van der Waals surface area contributed by atoms with E-state index in [1.807, 2.05) is 0 Å². The van der Waals surface area contributed by atoms with Crippen molar-refractivity contribution in [2.45, 2.75) is 11.8 Å². The van der Waals surface area contributed by atoms with Gasteiger partial charge in [0.05, 0.1) is 4.90 Å². The van der Waals surface area contributed by atoms with Gasteiger partial charge in [-0.05, 0) is 37.3 Å². The lowest BCUT2D eigenvalue weighted by Crippen LogP contribution is -2.34. The summed E-state index contributed by atoms with van der Waals surface area (Å²) in [6, 6.07) is 10.7. The van der Waals surface area contributed by atoms with E-state index in [0.29, 0.717) is 11.3 Å². The first-order valence-corrected chi connectivity index (χ1v) is 9.04. The predicted octanol–water partition coefficient (Wildman–Crippen LogP) is 3.56. The van der Waals surface area contributed by atoms with Crippen molar-refractivity contribution in [2.24, 2.45) is 0 Å². The average molecular weight is 364 g/mol. The topological polar surface area (TPSA) is 74.7 Å². The van der Waals surface area contributed by atoms with Crippen molar-refractivity contribution in [1.82, 2.24) is 4.31 Å². The zero-order valence-electron chi connectivity index (χ0n) is 12.7. The van der Waals surface area contributed by atoms with Crippen molar-refractivity contribution >= 4 is 39.4 Å². The molecule has 1 N–H and O–H groups in total. The third-order valence-electron chi connectivity index (χ3n) is 3.87. The van der Waals surface area contributed by atoms with Crippen molar-refractivity contribution in [1.29, 1.82) is 0 Å². The van der Waals surface area contributed by atoms with E-state index < -0.39 is 10.0 Å². The maximum Gasteiger partial charge on any atom is 0.265 e. The summed E-state index contributed by atoms with van der Waals surface area (Å²) in [5.74, 6) is -0.201. The largest absolute Gasteiger partial charge is 0.505 e. The standard InChI is InChI=1S/C17H14ClNO4S/c1-2-19-16(14-9-12(18)8-7-11(14)10-20)17(21)13-5-3-4-6-15(13)24(19,22)23/h3-10,21H,2H2,1H3. The van der Waals surface area contributed by atoms with Gasteiger partial charge in [0.1, 0.15) is 11.5 Å². The maximum atomic E-state index is 12.9. The number of halogens is 1. The second-order valence-electron chi connectivity index (χ2n) is 5.21. The first-order valence-electron chi connectivity index (χ1n) is 7.22. The van der Waals surface area contributed by atoms with Gasteiger partial charge in [-0.15, -0.1) is 0 Å². The number of aliphatic hydroxyl groups is 1. The predicted molar refractivity (Wildman–Crippen MR) is 92.3 cm³/mol. The Morgan fingerprint density at radius 3 is 2.54 bits per heavy atom. The zero-order chi connectivity index (χ0) is 17.5. The van der Waals surface area contributed by atoms with E-state index in [0.717, 1.165) is 4.31 Å². The molecule has 3 rings (SSSR count). The third-order valence-corrected chi connectivity index (χ3v) is 6.04. The van der Waals surface area contributed by atoms with E-state index in [2.05, 4.69) is 0 Å². The highest BCUT2D eigenvalue weighted by Crippen LogP contribution is 2.41. The van der Waals surface area contributed by atoms with E-state index in [9.17, 15) is 18.3 Å². The van der Waals surface area contributed by atoms with Gasteiger partial charge in [-0.3, -0.25) is 9.10 Å². The van der Waals surface area contributed by atoms with Crippen LogP contribution < -0.4 is 0 Å². The van der Waals surface area contributed by atoms with Crippen LogP contribution in [-0.4, -0.2) is 30.7 Å². The normalized spacial score (nSPS) is 16.0. The second-order valence-corrected chi connectivity index (χ2v) is 7.48. The molecular weight excluding hydrogens is 350 g/mol. The van der Waals surface area contributed by atoms with Gasteiger partial charge in [-0.1, -0.05) is 23.7 Å². The van der Waals surface area contributed by atoms with Gasteiger partial charge in [0.2, 0.25) is 0 Å².